The van der Waals surface area contributed by atoms with Crippen LogP contribution in [0.4, 0.5) is 10.2 Å². The molecule has 0 spiro atoms. The minimum Gasteiger partial charge on any atom is -0.423 e. The second kappa shape index (κ2) is 4.80. The lowest BCUT2D eigenvalue weighted by atomic mass is 9.80. The Morgan fingerprint density at radius 1 is 1.25 bits per heavy atom. The number of pyridine rings is 1. The minimum atomic E-state index is -1.79. The molecule has 0 bridgehead atoms. The van der Waals surface area contributed by atoms with E-state index in [4.69, 9.17) is 10.0 Å². The number of rotatable bonds is 2. The van der Waals surface area contributed by atoms with Crippen LogP contribution in [-0.2, 0) is 0 Å². The molecule has 6 heteroatoms. The maximum absolute atomic E-state index is 13.9. The van der Waals surface area contributed by atoms with Gasteiger partial charge < -0.3 is 14.9 Å². The Balaban J connectivity index is 2.29. The summed E-state index contributed by atoms with van der Waals surface area (Å²) >= 11 is 0. The lowest BCUT2D eigenvalue weighted by molar-refractivity contribution is 0.422. The van der Waals surface area contributed by atoms with Crippen molar-refractivity contribution in [2.45, 2.75) is 19.3 Å². The van der Waals surface area contributed by atoms with Crippen molar-refractivity contribution < 1.29 is 14.4 Å². The molecule has 1 saturated heterocycles. The Bertz CT molecular complexity index is 370. The Morgan fingerprint density at radius 2 is 1.94 bits per heavy atom. The van der Waals surface area contributed by atoms with Crippen molar-refractivity contribution in [3.05, 3.63) is 18.1 Å². The third-order valence-electron chi connectivity index (χ3n) is 2.83. The normalized spacial score (nSPS) is 16.3. The molecular formula is C10H14BFN2O2. The highest BCUT2D eigenvalue weighted by Crippen LogP contribution is 2.19. The molecule has 0 saturated carbocycles. The maximum atomic E-state index is 13.9. The molecule has 0 aromatic carbocycles. The maximum Gasteiger partial charge on any atom is 0.491 e. The van der Waals surface area contributed by atoms with Crippen molar-refractivity contribution in [3.8, 4) is 0 Å². The summed E-state index contributed by atoms with van der Waals surface area (Å²) < 4.78 is 13.9. The van der Waals surface area contributed by atoms with Crippen LogP contribution in [0.15, 0.2) is 12.3 Å². The molecule has 86 valence electrons. The summed E-state index contributed by atoms with van der Waals surface area (Å²) in [6, 6.07) is 1.29. The average molecular weight is 224 g/mol. The van der Waals surface area contributed by atoms with E-state index in [2.05, 4.69) is 4.98 Å². The van der Waals surface area contributed by atoms with Crippen LogP contribution in [0.25, 0.3) is 0 Å². The molecule has 0 radical (unpaired) electrons. The van der Waals surface area contributed by atoms with Crippen LogP contribution in [0.5, 0.6) is 0 Å². The first-order chi connectivity index (χ1) is 7.70. The first-order valence-corrected chi connectivity index (χ1v) is 5.45. The summed E-state index contributed by atoms with van der Waals surface area (Å²) in [7, 11) is -1.79. The highest BCUT2D eigenvalue weighted by atomic mass is 19.1. The molecule has 1 aromatic rings. The summed E-state index contributed by atoms with van der Waals surface area (Å²) in [6.07, 6.45) is 4.60. The molecule has 2 heterocycles. The van der Waals surface area contributed by atoms with Gasteiger partial charge in [0.05, 0.1) is 0 Å². The van der Waals surface area contributed by atoms with Gasteiger partial charge in [-0.25, -0.2) is 9.37 Å². The fourth-order valence-electron chi connectivity index (χ4n) is 1.97. The Kier molecular flexibility index (Phi) is 3.41. The Labute approximate surface area is 93.9 Å². The highest BCUT2D eigenvalue weighted by molar-refractivity contribution is 6.58. The molecule has 1 fully saturated rings. The van der Waals surface area contributed by atoms with Crippen molar-refractivity contribution in [2.24, 2.45) is 0 Å². The standard InChI is InChI=1S/C10H14BFN2O2/c12-9-8(11(15)16)4-5-13-10(9)14-6-2-1-3-7-14/h4-5,15-16H,1-3,6-7H2. The molecule has 1 aliphatic heterocycles. The molecule has 16 heavy (non-hydrogen) atoms. The van der Waals surface area contributed by atoms with Gasteiger partial charge in [0.1, 0.15) is 0 Å². The second-order valence-electron chi connectivity index (χ2n) is 3.96. The molecule has 0 atom stereocenters. The molecular weight excluding hydrogens is 210 g/mol. The van der Waals surface area contributed by atoms with Gasteiger partial charge in [-0.3, -0.25) is 0 Å². The second-order valence-corrected chi connectivity index (χ2v) is 3.96. The molecule has 4 nitrogen and oxygen atoms in total. The highest BCUT2D eigenvalue weighted by Gasteiger charge is 2.23. The zero-order valence-electron chi connectivity index (χ0n) is 8.93. The van der Waals surface area contributed by atoms with Crippen molar-refractivity contribution in [1.82, 2.24) is 4.98 Å². The number of piperidine rings is 1. The molecule has 0 aliphatic carbocycles. The number of anilines is 1. The van der Waals surface area contributed by atoms with Crippen molar-refractivity contribution in [2.75, 3.05) is 18.0 Å². The van der Waals surface area contributed by atoms with Gasteiger partial charge in [0.2, 0.25) is 0 Å². The average Bonchev–Trinajstić information content (AvgIpc) is 2.30. The fraction of sp³-hybridized carbons (Fsp3) is 0.500. The predicted octanol–water partition coefficient (Wildman–Crippen LogP) is -0.109. The van der Waals surface area contributed by atoms with Crippen LogP contribution in [0, 0.1) is 5.82 Å². The fourth-order valence-corrected chi connectivity index (χ4v) is 1.97. The summed E-state index contributed by atoms with van der Waals surface area (Å²) in [6.45, 7) is 1.55. The monoisotopic (exact) mass is 224 g/mol. The number of nitrogens with zero attached hydrogens (tertiary/aromatic N) is 2. The van der Waals surface area contributed by atoms with Gasteiger partial charge in [-0.2, -0.15) is 0 Å². The van der Waals surface area contributed by atoms with Crippen LogP contribution in [0.2, 0.25) is 0 Å². The summed E-state index contributed by atoms with van der Waals surface area (Å²) in [5.74, 6) is -0.398. The quantitative estimate of drug-likeness (QED) is 0.688. The number of hydrogen-bond donors (Lipinski definition) is 2. The van der Waals surface area contributed by atoms with Gasteiger partial charge in [-0.05, 0) is 25.3 Å². The van der Waals surface area contributed by atoms with Crippen LogP contribution in [0.1, 0.15) is 19.3 Å². The van der Waals surface area contributed by atoms with E-state index < -0.39 is 12.9 Å². The van der Waals surface area contributed by atoms with Gasteiger partial charge in [-0.1, -0.05) is 0 Å². The number of aromatic nitrogens is 1. The van der Waals surface area contributed by atoms with Gasteiger partial charge in [0.25, 0.3) is 0 Å². The van der Waals surface area contributed by atoms with Crippen LogP contribution < -0.4 is 10.4 Å². The number of halogens is 1. The van der Waals surface area contributed by atoms with Crippen molar-refractivity contribution in [1.29, 1.82) is 0 Å². The SMILES string of the molecule is OB(O)c1ccnc(N2CCCCC2)c1F. The Hall–Kier alpha value is -1.14. The molecule has 1 aliphatic rings. The molecule has 1 aromatic heterocycles. The lowest BCUT2D eigenvalue weighted by Gasteiger charge is -2.28. The van der Waals surface area contributed by atoms with E-state index in [1.165, 1.54) is 12.3 Å². The third-order valence-corrected chi connectivity index (χ3v) is 2.83. The van der Waals surface area contributed by atoms with Crippen LogP contribution >= 0.6 is 0 Å². The summed E-state index contributed by atoms with van der Waals surface area (Å²) in [5.41, 5.74) is -0.115. The largest absolute Gasteiger partial charge is 0.491 e. The van der Waals surface area contributed by atoms with E-state index in [1.807, 2.05) is 4.90 Å². The van der Waals surface area contributed by atoms with Crippen molar-refractivity contribution in [3.63, 3.8) is 0 Å². The predicted molar refractivity (Wildman–Crippen MR) is 60.1 cm³/mol. The smallest absolute Gasteiger partial charge is 0.423 e. The van der Waals surface area contributed by atoms with Gasteiger partial charge in [0.15, 0.2) is 11.6 Å². The van der Waals surface area contributed by atoms with Crippen molar-refractivity contribution >= 4 is 18.4 Å². The summed E-state index contributed by atoms with van der Waals surface area (Å²) in [4.78, 5) is 5.83. The topological polar surface area (TPSA) is 56.6 Å². The van der Waals surface area contributed by atoms with Crippen LogP contribution in [-0.4, -0.2) is 35.2 Å². The molecule has 0 amide bonds. The molecule has 2 N–H and O–H groups in total. The third kappa shape index (κ3) is 2.17. The van der Waals surface area contributed by atoms with E-state index in [1.54, 1.807) is 0 Å². The minimum absolute atomic E-state index is 0.115. The zero-order chi connectivity index (χ0) is 11.5. The van der Waals surface area contributed by atoms with Gasteiger partial charge in [0, 0.05) is 24.7 Å². The zero-order valence-corrected chi connectivity index (χ0v) is 8.93. The Morgan fingerprint density at radius 3 is 2.56 bits per heavy atom. The first-order valence-electron chi connectivity index (χ1n) is 5.45. The van der Waals surface area contributed by atoms with E-state index in [9.17, 15) is 4.39 Å². The number of hydrogen-bond acceptors (Lipinski definition) is 4. The van der Waals surface area contributed by atoms with Crippen LogP contribution in [0.3, 0.4) is 0 Å². The molecule has 2 rings (SSSR count). The van der Waals surface area contributed by atoms with E-state index in [0.29, 0.717) is 0 Å². The van der Waals surface area contributed by atoms with Gasteiger partial charge in [-0.15, -0.1) is 0 Å². The van der Waals surface area contributed by atoms with Gasteiger partial charge >= 0.3 is 7.12 Å². The lowest BCUT2D eigenvalue weighted by Crippen LogP contribution is -2.37. The summed E-state index contributed by atoms with van der Waals surface area (Å²) in [5, 5.41) is 18.0. The first kappa shape index (κ1) is 11.4. The van der Waals surface area contributed by atoms with E-state index >= 15 is 0 Å². The van der Waals surface area contributed by atoms with E-state index in [0.717, 1.165) is 32.4 Å². The molecule has 0 unspecified atom stereocenters. The van der Waals surface area contributed by atoms with E-state index in [-0.39, 0.29) is 11.3 Å².